The third kappa shape index (κ3) is 1.86. The van der Waals surface area contributed by atoms with Crippen LogP contribution in [-0.2, 0) is 0 Å². The highest BCUT2D eigenvalue weighted by Gasteiger charge is 2.64. The summed E-state index contributed by atoms with van der Waals surface area (Å²) >= 11 is 0. The molecule has 10 unspecified atom stereocenters. The summed E-state index contributed by atoms with van der Waals surface area (Å²) < 4.78 is 0. The van der Waals surface area contributed by atoms with E-state index in [1.165, 1.54) is 12.8 Å². The molecule has 0 spiro atoms. The Bertz CT molecular complexity index is 351. The van der Waals surface area contributed by atoms with E-state index in [0.717, 1.165) is 56.5 Å². The molecule has 0 radical (unpaired) electrons. The Hall–Kier alpha value is 1.40. The predicted molar refractivity (Wildman–Crippen MR) is 98.4 cm³/mol. The maximum atomic E-state index is 2.55. The topological polar surface area (TPSA) is 0 Å². The first-order valence-corrected chi connectivity index (χ1v) is 12.9. The third-order valence-electron chi connectivity index (χ3n) is 6.72. The lowest BCUT2D eigenvalue weighted by Gasteiger charge is -2.53. The quantitative estimate of drug-likeness (QED) is 0.576. The van der Waals surface area contributed by atoms with Gasteiger partial charge in [0.25, 0.3) is 0 Å². The molecule has 4 aliphatic rings. The summed E-state index contributed by atoms with van der Waals surface area (Å²) in [5, 5.41) is 3.85. The van der Waals surface area contributed by atoms with E-state index in [0.29, 0.717) is 0 Å². The minimum absolute atomic E-state index is 0.922. The summed E-state index contributed by atoms with van der Waals surface area (Å²) in [5.41, 5.74) is 0. The van der Waals surface area contributed by atoms with Gasteiger partial charge >= 0.3 is 0 Å². The Morgan fingerprint density at radius 3 is 1.30 bits per heavy atom. The molecule has 0 aromatic heterocycles. The summed E-state index contributed by atoms with van der Waals surface area (Å²) in [5.74, 6) is 5.88. The Morgan fingerprint density at radius 2 is 0.950 bits per heavy atom. The second-order valence-electron chi connectivity index (χ2n) is 7.26. The molecule has 0 aromatic rings. The second kappa shape index (κ2) is 5.49. The molecule has 0 amide bonds. The molecule has 2 aliphatic heterocycles. The summed E-state index contributed by atoms with van der Waals surface area (Å²) in [4.78, 5) is 0. The molecule has 2 aliphatic carbocycles. The standard InChI is InChI=1S/C16H26S4/c1-5-9-10(6-2)16-12-11-13(17-19-15(9)11)7(3)8(4)14(12)18-20-16/h7-16H,5-6H2,1-4H3. The summed E-state index contributed by atoms with van der Waals surface area (Å²) in [6.07, 6.45) is 2.81. The zero-order chi connectivity index (χ0) is 14.0. The summed E-state index contributed by atoms with van der Waals surface area (Å²) in [6.45, 7) is 10.00. The van der Waals surface area contributed by atoms with Gasteiger partial charge in [-0.3, -0.25) is 0 Å². The lowest BCUT2D eigenvalue weighted by molar-refractivity contribution is 0.0641. The van der Waals surface area contributed by atoms with E-state index in [1.807, 2.05) is 0 Å². The molecule has 114 valence electrons. The van der Waals surface area contributed by atoms with Gasteiger partial charge in [0.1, 0.15) is 0 Å². The first-order chi connectivity index (χ1) is 9.69. The van der Waals surface area contributed by atoms with Crippen LogP contribution in [0, 0.1) is 35.5 Å². The first kappa shape index (κ1) is 15.0. The van der Waals surface area contributed by atoms with Crippen molar-refractivity contribution < 1.29 is 0 Å². The van der Waals surface area contributed by atoms with Crippen molar-refractivity contribution >= 4 is 43.2 Å². The van der Waals surface area contributed by atoms with Gasteiger partial charge in [0.15, 0.2) is 0 Å². The molecule has 2 saturated heterocycles. The summed E-state index contributed by atoms with van der Waals surface area (Å²) in [7, 11) is 9.13. The van der Waals surface area contributed by atoms with Crippen LogP contribution in [0.4, 0.5) is 0 Å². The fourth-order valence-electron chi connectivity index (χ4n) is 5.51. The number of hydrogen-bond donors (Lipinski definition) is 0. The fraction of sp³-hybridized carbons (Fsp3) is 1.00. The van der Waals surface area contributed by atoms with E-state index in [4.69, 9.17) is 0 Å². The van der Waals surface area contributed by atoms with Crippen molar-refractivity contribution in [2.24, 2.45) is 35.5 Å². The monoisotopic (exact) mass is 346 g/mol. The van der Waals surface area contributed by atoms with Gasteiger partial charge in [0.05, 0.1) is 0 Å². The van der Waals surface area contributed by atoms with Gasteiger partial charge in [0, 0.05) is 21.0 Å². The Kier molecular flexibility index (Phi) is 4.11. The fourth-order valence-corrected chi connectivity index (χ4v) is 15.0. The molecule has 0 aromatic carbocycles. The van der Waals surface area contributed by atoms with Crippen LogP contribution in [0.15, 0.2) is 0 Å². The van der Waals surface area contributed by atoms with Gasteiger partial charge in [-0.1, -0.05) is 83.7 Å². The molecule has 2 heterocycles. The van der Waals surface area contributed by atoms with E-state index < -0.39 is 0 Å². The lowest BCUT2D eigenvalue weighted by Crippen LogP contribution is -2.57. The Morgan fingerprint density at radius 1 is 0.600 bits per heavy atom. The molecule has 4 rings (SSSR count). The van der Waals surface area contributed by atoms with Gasteiger partial charge in [-0.25, -0.2) is 0 Å². The SMILES string of the molecule is CCC1C(CC)C2SSC3C(C)C(C)C4SSC1C4C32. The zero-order valence-electron chi connectivity index (χ0n) is 12.8. The van der Waals surface area contributed by atoms with Crippen LogP contribution in [0.2, 0.25) is 0 Å². The van der Waals surface area contributed by atoms with Crippen molar-refractivity contribution in [2.45, 2.75) is 61.5 Å². The van der Waals surface area contributed by atoms with Crippen LogP contribution in [0.5, 0.6) is 0 Å². The molecule has 4 fully saturated rings. The molecule has 0 nitrogen and oxygen atoms in total. The number of hydrogen-bond acceptors (Lipinski definition) is 4. The largest absolute Gasteiger partial charge is 0.0898 e. The Balaban J connectivity index is 1.75. The predicted octanol–water partition coefficient (Wildman–Crippen LogP) is 5.84. The smallest absolute Gasteiger partial charge is 0.0225 e. The van der Waals surface area contributed by atoms with Crippen molar-refractivity contribution in [3.8, 4) is 0 Å². The van der Waals surface area contributed by atoms with Crippen LogP contribution in [0.1, 0.15) is 40.5 Å². The van der Waals surface area contributed by atoms with Crippen LogP contribution < -0.4 is 0 Å². The van der Waals surface area contributed by atoms with Crippen LogP contribution in [0.3, 0.4) is 0 Å². The van der Waals surface area contributed by atoms with Crippen LogP contribution in [0.25, 0.3) is 0 Å². The second-order valence-corrected chi connectivity index (χ2v) is 12.5. The van der Waals surface area contributed by atoms with Gasteiger partial charge < -0.3 is 0 Å². The van der Waals surface area contributed by atoms with E-state index in [9.17, 15) is 0 Å². The van der Waals surface area contributed by atoms with E-state index >= 15 is 0 Å². The molecule has 0 bridgehead atoms. The maximum Gasteiger partial charge on any atom is 0.0225 e. The van der Waals surface area contributed by atoms with Crippen molar-refractivity contribution in [3.63, 3.8) is 0 Å². The van der Waals surface area contributed by atoms with Crippen LogP contribution >= 0.6 is 43.2 Å². The molecular weight excluding hydrogens is 320 g/mol. The van der Waals surface area contributed by atoms with Crippen molar-refractivity contribution in [2.75, 3.05) is 0 Å². The van der Waals surface area contributed by atoms with E-state index in [1.54, 1.807) is 0 Å². The normalized spacial score (nSPS) is 60.6. The van der Waals surface area contributed by atoms with Gasteiger partial charge in [0.2, 0.25) is 0 Å². The Labute approximate surface area is 139 Å². The molecule has 2 saturated carbocycles. The maximum absolute atomic E-state index is 2.55. The molecular formula is C16H26S4. The lowest BCUT2D eigenvalue weighted by atomic mass is 9.57. The average molecular weight is 347 g/mol. The molecule has 0 N–H and O–H groups in total. The molecule has 20 heavy (non-hydrogen) atoms. The molecule has 10 atom stereocenters. The minimum Gasteiger partial charge on any atom is -0.0898 e. The van der Waals surface area contributed by atoms with E-state index in [-0.39, 0.29) is 0 Å². The third-order valence-corrected chi connectivity index (χ3v) is 14.0. The van der Waals surface area contributed by atoms with E-state index in [2.05, 4.69) is 70.9 Å². The van der Waals surface area contributed by atoms with Gasteiger partial charge in [-0.05, 0) is 35.5 Å². The van der Waals surface area contributed by atoms with Crippen molar-refractivity contribution in [1.82, 2.24) is 0 Å². The average Bonchev–Trinajstić information content (AvgIpc) is 3.06. The number of rotatable bonds is 2. The first-order valence-electron chi connectivity index (χ1n) is 8.33. The highest BCUT2D eigenvalue weighted by Crippen LogP contribution is 2.72. The van der Waals surface area contributed by atoms with Crippen LogP contribution in [-0.4, -0.2) is 21.0 Å². The highest BCUT2D eigenvalue weighted by atomic mass is 33.1. The minimum atomic E-state index is 0.922. The van der Waals surface area contributed by atoms with Gasteiger partial charge in [-0.15, -0.1) is 0 Å². The highest BCUT2D eigenvalue weighted by molar-refractivity contribution is 8.78. The van der Waals surface area contributed by atoms with Gasteiger partial charge in [-0.2, -0.15) is 0 Å². The summed E-state index contributed by atoms with van der Waals surface area (Å²) in [6, 6.07) is 0. The van der Waals surface area contributed by atoms with Crippen molar-refractivity contribution in [3.05, 3.63) is 0 Å². The van der Waals surface area contributed by atoms with Crippen molar-refractivity contribution in [1.29, 1.82) is 0 Å². The molecule has 4 heteroatoms. The zero-order valence-corrected chi connectivity index (χ0v) is 16.1.